The lowest BCUT2D eigenvalue weighted by molar-refractivity contribution is -0.134. The molecular formula is C15H24N4O. The first-order valence-corrected chi connectivity index (χ1v) is 7.66. The Kier molecular flexibility index (Phi) is 3.78. The van der Waals surface area contributed by atoms with Crippen LogP contribution in [0.15, 0.2) is 6.20 Å². The molecule has 1 aliphatic carbocycles. The van der Waals surface area contributed by atoms with Gasteiger partial charge in [0.25, 0.3) is 0 Å². The molecule has 1 saturated heterocycles. The van der Waals surface area contributed by atoms with Gasteiger partial charge < -0.3 is 10.2 Å². The van der Waals surface area contributed by atoms with E-state index >= 15 is 0 Å². The van der Waals surface area contributed by atoms with Crippen LogP contribution in [0.3, 0.4) is 0 Å². The molecule has 2 aliphatic rings. The summed E-state index contributed by atoms with van der Waals surface area (Å²) in [5.74, 6) is 1.25. The van der Waals surface area contributed by atoms with Crippen LogP contribution in [-0.2, 0) is 11.3 Å². The second-order valence-corrected chi connectivity index (χ2v) is 6.33. The van der Waals surface area contributed by atoms with Gasteiger partial charge >= 0.3 is 0 Å². The predicted molar refractivity (Wildman–Crippen MR) is 77.0 cm³/mol. The van der Waals surface area contributed by atoms with Crippen LogP contribution in [-0.4, -0.2) is 40.1 Å². The Labute approximate surface area is 120 Å². The van der Waals surface area contributed by atoms with Crippen molar-refractivity contribution in [2.45, 2.75) is 45.7 Å². The molecule has 110 valence electrons. The molecule has 0 aromatic carbocycles. The van der Waals surface area contributed by atoms with Gasteiger partial charge in [0.1, 0.15) is 0 Å². The maximum atomic E-state index is 12.1. The molecule has 1 aliphatic heterocycles. The van der Waals surface area contributed by atoms with E-state index in [9.17, 15) is 4.79 Å². The molecule has 5 nitrogen and oxygen atoms in total. The molecule has 3 rings (SSSR count). The number of aryl methyl sites for hydroxylation is 1. The van der Waals surface area contributed by atoms with Crippen molar-refractivity contribution >= 4 is 5.91 Å². The van der Waals surface area contributed by atoms with Crippen LogP contribution in [0.25, 0.3) is 0 Å². The van der Waals surface area contributed by atoms with Gasteiger partial charge in [0.05, 0.1) is 6.20 Å². The molecule has 5 heteroatoms. The van der Waals surface area contributed by atoms with E-state index in [0.717, 1.165) is 44.6 Å². The SMILES string of the molecule is Cc1[nH]ncc1CN[C@@H]1CCN(C(=O)C2CC2)C[C@H]1C. The molecule has 2 heterocycles. The first kappa shape index (κ1) is 13.6. The Hall–Kier alpha value is -1.36. The number of amides is 1. The zero-order valence-electron chi connectivity index (χ0n) is 12.4. The number of carbonyl (C=O) groups excluding carboxylic acids is 1. The zero-order valence-corrected chi connectivity index (χ0v) is 12.4. The summed E-state index contributed by atoms with van der Waals surface area (Å²) in [6.45, 7) is 6.95. The fourth-order valence-electron chi connectivity index (χ4n) is 3.03. The van der Waals surface area contributed by atoms with E-state index in [2.05, 4.69) is 27.3 Å². The van der Waals surface area contributed by atoms with Gasteiger partial charge in [-0.1, -0.05) is 6.92 Å². The van der Waals surface area contributed by atoms with Crippen LogP contribution < -0.4 is 5.32 Å². The highest BCUT2D eigenvalue weighted by Gasteiger charge is 2.36. The van der Waals surface area contributed by atoms with Crippen molar-refractivity contribution in [3.05, 3.63) is 17.5 Å². The number of rotatable bonds is 4. The van der Waals surface area contributed by atoms with E-state index in [1.165, 1.54) is 5.56 Å². The lowest BCUT2D eigenvalue weighted by Gasteiger charge is -2.37. The highest BCUT2D eigenvalue weighted by molar-refractivity contribution is 5.81. The van der Waals surface area contributed by atoms with Crippen molar-refractivity contribution < 1.29 is 4.79 Å². The lowest BCUT2D eigenvalue weighted by Crippen LogP contribution is -2.50. The van der Waals surface area contributed by atoms with Gasteiger partial charge in [-0.2, -0.15) is 5.10 Å². The quantitative estimate of drug-likeness (QED) is 0.875. The smallest absolute Gasteiger partial charge is 0.225 e. The number of nitrogens with one attached hydrogen (secondary N) is 2. The molecule has 20 heavy (non-hydrogen) atoms. The van der Waals surface area contributed by atoms with Crippen LogP contribution in [0.5, 0.6) is 0 Å². The van der Waals surface area contributed by atoms with Crippen LogP contribution >= 0.6 is 0 Å². The summed E-state index contributed by atoms with van der Waals surface area (Å²) < 4.78 is 0. The molecule has 1 aromatic rings. The number of hydrogen-bond acceptors (Lipinski definition) is 3. The van der Waals surface area contributed by atoms with Crippen molar-refractivity contribution in [3.63, 3.8) is 0 Å². The third-order valence-electron chi connectivity index (χ3n) is 4.63. The number of piperidine rings is 1. The average Bonchev–Trinajstić information content (AvgIpc) is 3.20. The Balaban J connectivity index is 1.50. The van der Waals surface area contributed by atoms with E-state index in [1.54, 1.807) is 0 Å². The maximum Gasteiger partial charge on any atom is 0.225 e. The van der Waals surface area contributed by atoms with Gasteiger partial charge in [-0.25, -0.2) is 0 Å². The van der Waals surface area contributed by atoms with Gasteiger partial charge in [-0.05, 0) is 32.1 Å². The first-order chi connectivity index (χ1) is 9.65. The highest BCUT2D eigenvalue weighted by Crippen LogP contribution is 2.32. The molecular weight excluding hydrogens is 252 g/mol. The average molecular weight is 276 g/mol. The predicted octanol–water partition coefficient (Wildman–Crippen LogP) is 1.45. The lowest BCUT2D eigenvalue weighted by atomic mass is 9.93. The summed E-state index contributed by atoms with van der Waals surface area (Å²) >= 11 is 0. The maximum absolute atomic E-state index is 12.1. The number of hydrogen-bond donors (Lipinski definition) is 2. The van der Waals surface area contributed by atoms with Gasteiger partial charge in [-0.15, -0.1) is 0 Å². The Morgan fingerprint density at radius 1 is 1.50 bits per heavy atom. The van der Waals surface area contributed by atoms with Gasteiger partial charge in [0.2, 0.25) is 5.91 Å². The van der Waals surface area contributed by atoms with Gasteiger partial charge in [0, 0.05) is 42.9 Å². The molecule has 2 atom stereocenters. The second kappa shape index (κ2) is 5.56. The molecule has 0 spiro atoms. The van der Waals surface area contributed by atoms with Crippen LogP contribution in [0, 0.1) is 18.8 Å². The summed E-state index contributed by atoms with van der Waals surface area (Å²) in [5, 5.41) is 10.6. The van der Waals surface area contributed by atoms with E-state index in [0.29, 0.717) is 23.8 Å². The number of carbonyl (C=O) groups is 1. The molecule has 2 N–H and O–H groups in total. The Morgan fingerprint density at radius 3 is 2.90 bits per heavy atom. The Bertz CT molecular complexity index is 480. The van der Waals surface area contributed by atoms with E-state index in [4.69, 9.17) is 0 Å². The topological polar surface area (TPSA) is 61.0 Å². The summed E-state index contributed by atoms with van der Waals surface area (Å²) in [5.41, 5.74) is 2.36. The van der Waals surface area contributed by atoms with Gasteiger partial charge in [0.15, 0.2) is 0 Å². The minimum absolute atomic E-state index is 0.347. The third kappa shape index (κ3) is 2.87. The number of likely N-dealkylation sites (tertiary alicyclic amines) is 1. The minimum atomic E-state index is 0.347. The molecule has 1 saturated carbocycles. The first-order valence-electron chi connectivity index (χ1n) is 7.66. The zero-order chi connectivity index (χ0) is 14.1. The van der Waals surface area contributed by atoms with Crippen LogP contribution in [0.1, 0.15) is 37.4 Å². The standard InChI is InChI=1S/C15H24N4O/c1-10-9-19(15(20)12-3-4-12)6-5-14(10)16-7-13-8-17-18-11(13)2/h8,10,12,14,16H,3-7,9H2,1-2H3,(H,17,18)/t10-,14-/m1/s1. The molecule has 1 amide bonds. The summed E-state index contributed by atoms with van der Waals surface area (Å²) in [4.78, 5) is 14.2. The molecule has 2 fully saturated rings. The minimum Gasteiger partial charge on any atom is -0.342 e. The van der Waals surface area contributed by atoms with Crippen molar-refractivity contribution in [1.29, 1.82) is 0 Å². The Morgan fingerprint density at radius 2 is 2.30 bits per heavy atom. The summed E-state index contributed by atoms with van der Waals surface area (Å²) in [7, 11) is 0. The van der Waals surface area contributed by atoms with E-state index in [1.807, 2.05) is 13.1 Å². The summed E-state index contributed by atoms with van der Waals surface area (Å²) in [6.07, 6.45) is 5.14. The van der Waals surface area contributed by atoms with Crippen molar-refractivity contribution in [3.8, 4) is 0 Å². The largest absolute Gasteiger partial charge is 0.342 e. The summed E-state index contributed by atoms with van der Waals surface area (Å²) in [6, 6.07) is 0.493. The number of aromatic nitrogens is 2. The monoisotopic (exact) mass is 276 g/mol. The third-order valence-corrected chi connectivity index (χ3v) is 4.63. The second-order valence-electron chi connectivity index (χ2n) is 6.33. The molecule has 1 aromatic heterocycles. The fourth-order valence-corrected chi connectivity index (χ4v) is 3.03. The fraction of sp³-hybridized carbons (Fsp3) is 0.733. The number of aromatic amines is 1. The van der Waals surface area contributed by atoms with Crippen LogP contribution in [0.4, 0.5) is 0 Å². The molecule has 0 unspecified atom stereocenters. The normalized spacial score (nSPS) is 26.8. The van der Waals surface area contributed by atoms with Crippen molar-refractivity contribution in [2.75, 3.05) is 13.1 Å². The van der Waals surface area contributed by atoms with Crippen LogP contribution in [0.2, 0.25) is 0 Å². The highest BCUT2D eigenvalue weighted by atomic mass is 16.2. The van der Waals surface area contributed by atoms with E-state index in [-0.39, 0.29) is 0 Å². The number of nitrogens with zero attached hydrogens (tertiary/aromatic N) is 2. The van der Waals surface area contributed by atoms with Gasteiger partial charge in [-0.3, -0.25) is 9.89 Å². The molecule has 0 radical (unpaired) electrons. The van der Waals surface area contributed by atoms with E-state index < -0.39 is 0 Å². The van der Waals surface area contributed by atoms with Crippen molar-refractivity contribution in [2.24, 2.45) is 11.8 Å². The molecule has 0 bridgehead atoms. The number of H-pyrrole nitrogens is 1. The van der Waals surface area contributed by atoms with Crippen molar-refractivity contribution in [1.82, 2.24) is 20.4 Å².